The average molecular weight is 599 g/mol. The lowest BCUT2D eigenvalue weighted by atomic mass is 9.43. The van der Waals surface area contributed by atoms with E-state index < -0.39 is 54.9 Å². The van der Waals surface area contributed by atoms with Crippen LogP contribution in [-0.4, -0.2) is 96.7 Å². The quantitative estimate of drug-likeness (QED) is 0.201. The first-order valence-electron chi connectivity index (χ1n) is 15.9. The maximum atomic E-state index is 11.8. The number of aliphatic hydroxyl groups is 5. The number of ether oxygens (including phenoxy) is 2. The Morgan fingerprint density at radius 3 is 2.31 bits per heavy atom. The van der Waals surface area contributed by atoms with Gasteiger partial charge >= 0.3 is 11.9 Å². The molecule has 11 nitrogen and oxygen atoms in total. The van der Waals surface area contributed by atoms with Crippen LogP contribution in [0.15, 0.2) is 0 Å². The van der Waals surface area contributed by atoms with Gasteiger partial charge in [0.1, 0.15) is 18.3 Å². The zero-order valence-corrected chi connectivity index (χ0v) is 24.9. The zero-order chi connectivity index (χ0) is 30.7. The Hall–Kier alpha value is -1.34. The smallest absolute Gasteiger partial charge is 0.335 e. The Morgan fingerprint density at radius 2 is 1.64 bits per heavy atom. The molecule has 0 aromatic heterocycles. The first-order chi connectivity index (χ1) is 19.7. The fraction of sp³-hybridized carbons (Fsp3) is 0.935. The molecule has 1 saturated heterocycles. The van der Waals surface area contributed by atoms with E-state index >= 15 is 0 Å². The fourth-order valence-corrected chi connectivity index (χ4v) is 10.4. The molecule has 11 heteroatoms. The highest BCUT2D eigenvalue weighted by molar-refractivity contribution is 5.73. The Morgan fingerprint density at radius 1 is 0.929 bits per heavy atom. The number of carboxylic acids is 2. The van der Waals surface area contributed by atoms with Crippen LogP contribution in [0.25, 0.3) is 0 Å². The minimum absolute atomic E-state index is 0.0739. The maximum Gasteiger partial charge on any atom is 0.335 e. The molecule has 0 bridgehead atoms. The molecule has 5 rings (SSSR count). The van der Waals surface area contributed by atoms with Crippen molar-refractivity contribution < 1.29 is 54.8 Å². The molecule has 1 aliphatic heterocycles. The number of rotatable bonds is 8. The molecule has 42 heavy (non-hydrogen) atoms. The molecule has 0 aromatic carbocycles. The van der Waals surface area contributed by atoms with Crippen molar-refractivity contribution in [2.24, 2.45) is 46.3 Å². The summed E-state index contributed by atoms with van der Waals surface area (Å²) < 4.78 is 11.4. The van der Waals surface area contributed by atoms with Crippen molar-refractivity contribution in [1.82, 2.24) is 0 Å². The van der Waals surface area contributed by atoms with Crippen LogP contribution in [0.4, 0.5) is 0 Å². The summed E-state index contributed by atoms with van der Waals surface area (Å²) in [7, 11) is 0. The van der Waals surface area contributed by atoms with Gasteiger partial charge in [0.2, 0.25) is 0 Å². The van der Waals surface area contributed by atoms with Crippen molar-refractivity contribution in [1.29, 1.82) is 0 Å². The third-order valence-electron chi connectivity index (χ3n) is 12.7. The molecule has 0 amide bonds. The second-order valence-electron chi connectivity index (χ2n) is 14.6. The summed E-state index contributed by atoms with van der Waals surface area (Å²) in [4.78, 5) is 22.6. The van der Waals surface area contributed by atoms with Crippen LogP contribution in [-0.2, 0) is 19.1 Å². The van der Waals surface area contributed by atoms with Crippen LogP contribution in [0.5, 0.6) is 0 Å². The predicted octanol–water partition coefficient (Wildman–Crippen LogP) is 1.76. The standard InChI is InChI=1S/C31H50O11/c1-14(5-4-6-22(34)35)17-7-8-18-23-19(13-21(33)31(17,18)3)30(2)10-9-16(11-15(30)12-20(23)32)41-29-26(38)24(36)25(37)27(42-29)28(39)40/h14-21,23-27,29,32-33,36-38H,4-13H2,1-3H3,(H,34,35)(H,39,40)/t14-,15+,16-,17-,18+,19+,20-,21+,23+,24+,25+,26-,27+,29-,30+,31-/m1/s1. The van der Waals surface area contributed by atoms with Gasteiger partial charge in [-0.15, -0.1) is 0 Å². The summed E-state index contributed by atoms with van der Waals surface area (Å²) in [6, 6.07) is 0. The lowest BCUT2D eigenvalue weighted by molar-refractivity contribution is -0.310. The minimum Gasteiger partial charge on any atom is -0.481 e. The monoisotopic (exact) mass is 598 g/mol. The molecule has 0 spiro atoms. The third-order valence-corrected chi connectivity index (χ3v) is 12.7. The number of aliphatic hydroxyl groups excluding tert-OH is 5. The van der Waals surface area contributed by atoms with Gasteiger partial charge in [0, 0.05) is 6.42 Å². The Balaban J connectivity index is 1.28. The fourth-order valence-electron chi connectivity index (χ4n) is 10.4. The van der Waals surface area contributed by atoms with Gasteiger partial charge < -0.3 is 45.2 Å². The van der Waals surface area contributed by atoms with Gasteiger partial charge in [-0.3, -0.25) is 4.79 Å². The number of hydrogen-bond donors (Lipinski definition) is 7. The van der Waals surface area contributed by atoms with E-state index in [1.165, 1.54) is 0 Å². The van der Waals surface area contributed by atoms with Crippen LogP contribution in [0.3, 0.4) is 0 Å². The predicted molar refractivity (Wildman–Crippen MR) is 148 cm³/mol. The molecule has 0 unspecified atom stereocenters. The van der Waals surface area contributed by atoms with E-state index in [0.717, 1.165) is 25.7 Å². The van der Waals surface area contributed by atoms with Gasteiger partial charge in [0.15, 0.2) is 12.4 Å². The summed E-state index contributed by atoms with van der Waals surface area (Å²) in [5, 5.41) is 72.5. The highest BCUT2D eigenvalue weighted by Crippen LogP contribution is 2.68. The normalized spacial score (nSPS) is 51.2. The third kappa shape index (κ3) is 5.31. The first-order valence-corrected chi connectivity index (χ1v) is 15.9. The van der Waals surface area contributed by atoms with Crippen molar-refractivity contribution in [2.75, 3.05) is 0 Å². The number of carbonyl (C=O) groups is 2. The van der Waals surface area contributed by atoms with Crippen LogP contribution >= 0.6 is 0 Å². The van der Waals surface area contributed by atoms with E-state index in [9.17, 15) is 40.2 Å². The Labute approximate surface area is 247 Å². The second-order valence-corrected chi connectivity index (χ2v) is 14.6. The van der Waals surface area contributed by atoms with Gasteiger partial charge in [-0.05, 0) is 104 Å². The van der Waals surface area contributed by atoms with Crippen molar-refractivity contribution >= 4 is 11.9 Å². The number of fused-ring (bicyclic) bond motifs is 5. The van der Waals surface area contributed by atoms with Gasteiger partial charge in [-0.25, -0.2) is 4.79 Å². The molecule has 16 atom stereocenters. The molecule has 0 radical (unpaired) electrons. The van der Waals surface area contributed by atoms with E-state index in [0.29, 0.717) is 38.0 Å². The molecule has 7 N–H and O–H groups in total. The van der Waals surface area contributed by atoms with Crippen LogP contribution in [0.1, 0.15) is 85.0 Å². The molecule has 240 valence electrons. The number of carboxylic acid groups (broad SMARTS) is 2. The van der Waals surface area contributed by atoms with E-state index in [1.54, 1.807) is 0 Å². The van der Waals surface area contributed by atoms with Crippen LogP contribution < -0.4 is 0 Å². The van der Waals surface area contributed by atoms with E-state index in [-0.39, 0.29) is 52.9 Å². The summed E-state index contributed by atoms with van der Waals surface area (Å²) in [6.07, 6.45) is -2.95. The molecule has 1 heterocycles. The molecule has 4 saturated carbocycles. The highest BCUT2D eigenvalue weighted by Gasteiger charge is 2.66. The first kappa shape index (κ1) is 32.1. The van der Waals surface area contributed by atoms with E-state index in [1.807, 2.05) is 0 Å². The van der Waals surface area contributed by atoms with Crippen molar-refractivity contribution in [2.45, 2.75) is 134 Å². The van der Waals surface area contributed by atoms with E-state index in [4.69, 9.17) is 14.6 Å². The zero-order valence-electron chi connectivity index (χ0n) is 24.9. The number of aliphatic carboxylic acids is 2. The van der Waals surface area contributed by atoms with Gasteiger partial charge in [-0.2, -0.15) is 0 Å². The van der Waals surface area contributed by atoms with Crippen LogP contribution in [0.2, 0.25) is 0 Å². The Kier molecular flexibility index (Phi) is 9.06. The molecule has 5 aliphatic rings. The molecular weight excluding hydrogens is 548 g/mol. The molecule has 5 fully saturated rings. The van der Waals surface area contributed by atoms with Crippen molar-refractivity contribution in [3.63, 3.8) is 0 Å². The van der Waals surface area contributed by atoms with Crippen LogP contribution in [0, 0.1) is 46.3 Å². The summed E-state index contributed by atoms with van der Waals surface area (Å²) in [5.41, 5.74) is -0.461. The lowest BCUT2D eigenvalue weighted by Crippen LogP contribution is -2.63. The minimum atomic E-state index is -1.77. The van der Waals surface area contributed by atoms with E-state index in [2.05, 4.69) is 20.8 Å². The van der Waals surface area contributed by atoms with Gasteiger partial charge in [-0.1, -0.05) is 20.8 Å². The Bertz CT molecular complexity index is 1010. The molecule has 0 aromatic rings. The maximum absolute atomic E-state index is 11.8. The second kappa shape index (κ2) is 11.9. The summed E-state index contributed by atoms with van der Waals surface area (Å²) in [6.45, 7) is 6.64. The van der Waals surface area contributed by atoms with Crippen molar-refractivity contribution in [3.05, 3.63) is 0 Å². The SMILES string of the molecule is C[C@H](CCCC(=O)O)[C@H]1CC[C@H]2[C@@H]3[C@H](O)C[C@@H]4C[C@H](O[C@@H]5O[C@H](C(=O)O)[C@@H](O)[C@H](O)[C@H]5O)CC[C@]4(C)[C@H]3C[C@H](O)[C@]12C. The molecule has 4 aliphatic carbocycles. The summed E-state index contributed by atoms with van der Waals surface area (Å²) in [5.74, 6) is -1.19. The largest absolute Gasteiger partial charge is 0.481 e. The number of hydrogen-bond acceptors (Lipinski definition) is 9. The molecular formula is C31H50O11. The highest BCUT2D eigenvalue weighted by atomic mass is 16.7. The van der Waals surface area contributed by atoms with Crippen molar-refractivity contribution in [3.8, 4) is 0 Å². The van der Waals surface area contributed by atoms with Gasteiger partial charge in [0.25, 0.3) is 0 Å². The topological polar surface area (TPSA) is 194 Å². The summed E-state index contributed by atoms with van der Waals surface area (Å²) >= 11 is 0. The average Bonchev–Trinajstić information content (AvgIpc) is 3.28. The van der Waals surface area contributed by atoms with Gasteiger partial charge in [0.05, 0.1) is 18.3 Å². The lowest BCUT2D eigenvalue weighted by Gasteiger charge is -2.63.